The lowest BCUT2D eigenvalue weighted by Crippen LogP contribution is -2.30. The van der Waals surface area contributed by atoms with E-state index in [-0.39, 0.29) is 12.5 Å². The molecule has 3 nitrogen and oxygen atoms in total. The molecule has 0 heterocycles. The van der Waals surface area contributed by atoms with E-state index in [0.29, 0.717) is 29.7 Å². The monoisotopic (exact) mass is 301 g/mol. The van der Waals surface area contributed by atoms with Gasteiger partial charge in [-0.1, -0.05) is 35.3 Å². The average Bonchev–Trinajstić information content (AvgIpc) is 2.33. The van der Waals surface area contributed by atoms with Gasteiger partial charge in [-0.2, -0.15) is 0 Å². The first-order chi connectivity index (χ1) is 9.06. The van der Waals surface area contributed by atoms with Gasteiger partial charge in [0.25, 0.3) is 0 Å². The van der Waals surface area contributed by atoms with Crippen molar-refractivity contribution in [2.24, 2.45) is 0 Å². The Balaban J connectivity index is 2.71. The van der Waals surface area contributed by atoms with E-state index in [1.54, 1.807) is 25.1 Å². The Kier molecular flexibility index (Phi) is 6.92. The zero-order valence-corrected chi connectivity index (χ0v) is 12.4. The maximum atomic E-state index is 11.5. The van der Waals surface area contributed by atoms with Crippen LogP contribution in [0.1, 0.15) is 12.5 Å². The van der Waals surface area contributed by atoms with E-state index in [4.69, 9.17) is 27.9 Å². The van der Waals surface area contributed by atoms with Crippen LogP contribution in [0.25, 0.3) is 0 Å². The summed E-state index contributed by atoms with van der Waals surface area (Å²) in [6.45, 7) is 7.18. The van der Waals surface area contributed by atoms with Gasteiger partial charge in [-0.05, 0) is 24.6 Å². The number of carbonyl (C=O) groups is 1. The Labute approximate surface area is 123 Å². The minimum absolute atomic E-state index is 0.207. The summed E-state index contributed by atoms with van der Waals surface area (Å²) in [7, 11) is 0. The van der Waals surface area contributed by atoms with E-state index in [1.165, 1.54) is 0 Å². The molecular formula is C14H17Cl2NO2. The van der Waals surface area contributed by atoms with Gasteiger partial charge in [0.05, 0.1) is 13.2 Å². The van der Waals surface area contributed by atoms with Crippen molar-refractivity contribution in [3.63, 3.8) is 0 Å². The third-order valence-corrected chi connectivity index (χ3v) is 3.04. The molecular weight excluding hydrogens is 285 g/mol. The summed E-state index contributed by atoms with van der Waals surface area (Å²) >= 11 is 12.0. The molecule has 1 rings (SSSR count). The van der Waals surface area contributed by atoms with Crippen LogP contribution in [0.2, 0.25) is 10.0 Å². The maximum absolute atomic E-state index is 11.5. The van der Waals surface area contributed by atoms with Crippen LogP contribution in [0.3, 0.4) is 0 Å². The predicted molar refractivity (Wildman–Crippen MR) is 78.6 cm³/mol. The Hall–Kier alpha value is -1.03. The molecule has 19 heavy (non-hydrogen) atoms. The molecule has 0 bridgehead atoms. The number of hydrogen-bond acceptors (Lipinski definition) is 3. The van der Waals surface area contributed by atoms with Crippen LogP contribution >= 0.6 is 23.2 Å². The van der Waals surface area contributed by atoms with Crippen LogP contribution in [0.4, 0.5) is 0 Å². The van der Waals surface area contributed by atoms with E-state index >= 15 is 0 Å². The number of halogens is 2. The van der Waals surface area contributed by atoms with Crippen LogP contribution in [0.15, 0.2) is 30.9 Å². The van der Waals surface area contributed by atoms with Gasteiger partial charge in [0.2, 0.25) is 0 Å². The second-order valence-electron chi connectivity index (χ2n) is 4.00. The van der Waals surface area contributed by atoms with Gasteiger partial charge in [-0.15, -0.1) is 6.58 Å². The van der Waals surface area contributed by atoms with Gasteiger partial charge >= 0.3 is 5.97 Å². The van der Waals surface area contributed by atoms with Gasteiger partial charge in [0.1, 0.15) is 0 Å². The Bertz CT molecular complexity index is 449. The number of nitrogens with zero attached hydrogens (tertiary/aromatic N) is 1. The number of esters is 1. The zero-order valence-electron chi connectivity index (χ0n) is 10.9. The van der Waals surface area contributed by atoms with Crippen molar-refractivity contribution in [1.29, 1.82) is 0 Å². The Morgan fingerprint density at radius 1 is 1.47 bits per heavy atom. The van der Waals surface area contributed by atoms with Crippen LogP contribution < -0.4 is 0 Å². The highest BCUT2D eigenvalue weighted by Gasteiger charge is 2.12. The summed E-state index contributed by atoms with van der Waals surface area (Å²) < 4.78 is 4.94. The van der Waals surface area contributed by atoms with Crippen molar-refractivity contribution in [2.75, 3.05) is 19.7 Å². The number of hydrogen-bond donors (Lipinski definition) is 0. The molecule has 0 N–H and O–H groups in total. The molecule has 0 radical (unpaired) electrons. The minimum Gasteiger partial charge on any atom is -0.465 e. The molecule has 0 unspecified atom stereocenters. The molecule has 1 aromatic rings. The van der Waals surface area contributed by atoms with E-state index in [9.17, 15) is 4.79 Å². The third kappa shape index (κ3) is 5.64. The number of carbonyl (C=O) groups excluding carboxylic acids is 1. The highest BCUT2D eigenvalue weighted by Crippen LogP contribution is 2.22. The molecule has 5 heteroatoms. The zero-order chi connectivity index (χ0) is 14.3. The quantitative estimate of drug-likeness (QED) is 0.570. The van der Waals surface area contributed by atoms with Crippen molar-refractivity contribution in [3.8, 4) is 0 Å². The summed E-state index contributed by atoms with van der Waals surface area (Å²) in [5.74, 6) is -0.255. The van der Waals surface area contributed by atoms with Crippen LogP contribution in [-0.4, -0.2) is 30.6 Å². The van der Waals surface area contributed by atoms with Crippen LogP contribution in [-0.2, 0) is 16.1 Å². The van der Waals surface area contributed by atoms with Gasteiger partial charge < -0.3 is 4.74 Å². The molecule has 104 valence electrons. The fourth-order valence-electron chi connectivity index (χ4n) is 1.65. The van der Waals surface area contributed by atoms with Gasteiger partial charge in [0.15, 0.2) is 0 Å². The van der Waals surface area contributed by atoms with E-state index in [0.717, 1.165) is 5.56 Å². The fraction of sp³-hybridized carbons (Fsp3) is 0.357. The van der Waals surface area contributed by atoms with E-state index in [1.807, 2.05) is 11.0 Å². The minimum atomic E-state index is -0.255. The van der Waals surface area contributed by atoms with Gasteiger partial charge in [0, 0.05) is 23.1 Å². The highest BCUT2D eigenvalue weighted by atomic mass is 35.5. The van der Waals surface area contributed by atoms with Crippen molar-refractivity contribution in [3.05, 3.63) is 46.5 Å². The topological polar surface area (TPSA) is 29.5 Å². The summed E-state index contributed by atoms with van der Waals surface area (Å²) in [5.41, 5.74) is 0.914. The predicted octanol–water partition coefficient (Wildman–Crippen LogP) is 3.54. The number of rotatable bonds is 7. The molecule has 0 spiro atoms. The second-order valence-corrected chi connectivity index (χ2v) is 4.84. The molecule has 0 aliphatic heterocycles. The third-order valence-electron chi connectivity index (χ3n) is 2.45. The largest absolute Gasteiger partial charge is 0.465 e. The maximum Gasteiger partial charge on any atom is 0.320 e. The Morgan fingerprint density at radius 2 is 2.21 bits per heavy atom. The van der Waals surface area contributed by atoms with Crippen LogP contribution in [0, 0.1) is 0 Å². The first-order valence-electron chi connectivity index (χ1n) is 5.99. The Morgan fingerprint density at radius 3 is 2.79 bits per heavy atom. The van der Waals surface area contributed by atoms with Crippen LogP contribution in [0.5, 0.6) is 0 Å². The molecule has 0 aromatic heterocycles. The van der Waals surface area contributed by atoms with Gasteiger partial charge in [-0.25, -0.2) is 0 Å². The van der Waals surface area contributed by atoms with Crippen molar-refractivity contribution < 1.29 is 9.53 Å². The lowest BCUT2D eigenvalue weighted by molar-refractivity contribution is -0.144. The smallest absolute Gasteiger partial charge is 0.320 e. The highest BCUT2D eigenvalue weighted by molar-refractivity contribution is 6.35. The summed E-state index contributed by atoms with van der Waals surface area (Å²) in [6, 6.07) is 5.32. The lowest BCUT2D eigenvalue weighted by Gasteiger charge is -2.20. The average molecular weight is 302 g/mol. The molecule has 0 aliphatic carbocycles. The molecule has 0 atom stereocenters. The molecule has 0 fully saturated rings. The fourth-order valence-corrected chi connectivity index (χ4v) is 2.12. The molecule has 1 aromatic carbocycles. The van der Waals surface area contributed by atoms with Crippen molar-refractivity contribution >= 4 is 29.2 Å². The second kappa shape index (κ2) is 8.20. The standard InChI is InChI=1S/C14H17Cl2NO2/c1-3-7-17(10-14(18)19-4-2)9-11-5-6-12(15)8-13(11)16/h3,5-6,8H,1,4,7,9-10H2,2H3. The number of benzene rings is 1. The molecule has 0 aliphatic rings. The normalized spacial score (nSPS) is 10.5. The first-order valence-corrected chi connectivity index (χ1v) is 6.75. The molecule has 0 saturated heterocycles. The molecule has 0 amide bonds. The summed E-state index contributed by atoms with van der Waals surface area (Å²) in [6.07, 6.45) is 1.74. The van der Waals surface area contributed by atoms with Crippen molar-refractivity contribution in [2.45, 2.75) is 13.5 Å². The summed E-state index contributed by atoms with van der Waals surface area (Å²) in [4.78, 5) is 13.4. The first kappa shape index (κ1) is 16.0. The molecule has 0 saturated carbocycles. The van der Waals surface area contributed by atoms with E-state index < -0.39 is 0 Å². The lowest BCUT2D eigenvalue weighted by atomic mass is 10.2. The van der Waals surface area contributed by atoms with E-state index in [2.05, 4.69) is 6.58 Å². The van der Waals surface area contributed by atoms with Crippen molar-refractivity contribution in [1.82, 2.24) is 4.90 Å². The van der Waals surface area contributed by atoms with Gasteiger partial charge in [-0.3, -0.25) is 9.69 Å². The summed E-state index contributed by atoms with van der Waals surface area (Å²) in [5, 5.41) is 1.18. The SMILES string of the molecule is C=CCN(CC(=O)OCC)Cc1ccc(Cl)cc1Cl. The number of ether oxygens (including phenoxy) is 1.